The van der Waals surface area contributed by atoms with Gasteiger partial charge in [-0.1, -0.05) is 28.1 Å². The van der Waals surface area contributed by atoms with Gasteiger partial charge in [-0.2, -0.15) is 13.2 Å². The van der Waals surface area contributed by atoms with Crippen molar-refractivity contribution >= 4 is 15.9 Å². The van der Waals surface area contributed by atoms with Crippen molar-refractivity contribution in [2.75, 3.05) is 0 Å². The van der Waals surface area contributed by atoms with E-state index in [0.29, 0.717) is 5.56 Å². The van der Waals surface area contributed by atoms with Gasteiger partial charge < -0.3 is 4.74 Å². The molecule has 0 saturated heterocycles. The van der Waals surface area contributed by atoms with Crippen LogP contribution < -0.4 is 4.74 Å². The highest BCUT2D eigenvalue weighted by atomic mass is 79.9. The SMILES string of the molecule is CC1(C)Cc2cc(C(Br)CC(F)(F)F)ccc2O1. The van der Waals surface area contributed by atoms with E-state index in [9.17, 15) is 13.2 Å². The summed E-state index contributed by atoms with van der Waals surface area (Å²) in [4.78, 5) is -0.702. The molecule has 0 amide bonds. The molecule has 100 valence electrons. The fourth-order valence-corrected chi connectivity index (χ4v) is 2.80. The number of benzene rings is 1. The maximum atomic E-state index is 12.3. The molecule has 1 unspecified atom stereocenters. The molecule has 0 radical (unpaired) electrons. The summed E-state index contributed by atoms with van der Waals surface area (Å²) in [6, 6.07) is 5.24. The highest BCUT2D eigenvalue weighted by Gasteiger charge is 2.33. The van der Waals surface area contributed by atoms with E-state index in [1.807, 2.05) is 13.8 Å². The maximum Gasteiger partial charge on any atom is 0.390 e. The Morgan fingerprint density at radius 2 is 2.06 bits per heavy atom. The number of hydrogen-bond donors (Lipinski definition) is 0. The lowest BCUT2D eigenvalue weighted by atomic mass is 9.99. The van der Waals surface area contributed by atoms with Gasteiger partial charge in [0.25, 0.3) is 0 Å². The Bertz CT molecular complexity index is 454. The first kappa shape index (κ1) is 13.7. The van der Waals surface area contributed by atoms with E-state index >= 15 is 0 Å². The molecule has 0 spiro atoms. The second-order valence-electron chi connectivity index (χ2n) is 5.19. The van der Waals surface area contributed by atoms with Crippen LogP contribution in [0.2, 0.25) is 0 Å². The first-order valence-electron chi connectivity index (χ1n) is 5.69. The Morgan fingerprint density at radius 3 is 2.67 bits per heavy atom. The summed E-state index contributed by atoms with van der Waals surface area (Å²) in [7, 11) is 0. The zero-order valence-corrected chi connectivity index (χ0v) is 11.7. The highest BCUT2D eigenvalue weighted by molar-refractivity contribution is 9.09. The fraction of sp³-hybridized carbons (Fsp3) is 0.538. The van der Waals surface area contributed by atoms with Crippen molar-refractivity contribution in [3.63, 3.8) is 0 Å². The van der Waals surface area contributed by atoms with Gasteiger partial charge in [0.1, 0.15) is 11.4 Å². The normalized spacial score (nSPS) is 19.2. The molecule has 0 aromatic heterocycles. The topological polar surface area (TPSA) is 9.23 Å². The molecule has 1 aliphatic rings. The standard InChI is InChI=1S/C13H14BrF3O/c1-12(2)6-9-5-8(3-4-11(9)18-12)10(14)7-13(15,16)17/h3-5,10H,6-7H2,1-2H3. The van der Waals surface area contributed by atoms with Crippen LogP contribution in [0.3, 0.4) is 0 Å². The molecule has 1 aliphatic heterocycles. The lowest BCUT2D eigenvalue weighted by Gasteiger charge is -2.16. The third-order valence-corrected chi connectivity index (χ3v) is 3.71. The molecule has 1 aromatic rings. The van der Waals surface area contributed by atoms with Crippen LogP contribution in [0.4, 0.5) is 13.2 Å². The van der Waals surface area contributed by atoms with Crippen LogP contribution in [0, 0.1) is 0 Å². The fourth-order valence-electron chi connectivity index (χ4n) is 2.15. The van der Waals surface area contributed by atoms with Crippen LogP contribution in [-0.4, -0.2) is 11.8 Å². The Balaban J connectivity index is 2.18. The number of ether oxygens (including phenoxy) is 1. The summed E-state index contributed by atoms with van der Waals surface area (Å²) >= 11 is 3.10. The molecule has 0 N–H and O–H groups in total. The van der Waals surface area contributed by atoms with Gasteiger partial charge >= 0.3 is 6.18 Å². The highest BCUT2D eigenvalue weighted by Crippen LogP contribution is 2.40. The van der Waals surface area contributed by atoms with Crippen LogP contribution in [0.15, 0.2) is 18.2 Å². The van der Waals surface area contributed by atoms with Gasteiger partial charge in [0.15, 0.2) is 0 Å². The van der Waals surface area contributed by atoms with Crippen LogP contribution in [-0.2, 0) is 6.42 Å². The molecular formula is C13H14BrF3O. The predicted octanol–water partition coefficient (Wildman–Crippen LogP) is 4.79. The molecule has 1 nitrogen and oxygen atoms in total. The minimum absolute atomic E-state index is 0.271. The molecule has 0 bridgehead atoms. The van der Waals surface area contributed by atoms with Crippen molar-refractivity contribution in [3.8, 4) is 5.75 Å². The summed E-state index contributed by atoms with van der Waals surface area (Å²) < 4.78 is 42.7. The van der Waals surface area contributed by atoms with Crippen LogP contribution in [0.25, 0.3) is 0 Å². The average Bonchev–Trinajstić information content (AvgIpc) is 2.47. The Labute approximate surface area is 112 Å². The monoisotopic (exact) mass is 322 g/mol. The first-order chi connectivity index (χ1) is 8.16. The summed E-state index contributed by atoms with van der Waals surface area (Å²) in [6.07, 6.45) is -4.30. The van der Waals surface area contributed by atoms with E-state index < -0.39 is 17.4 Å². The van der Waals surface area contributed by atoms with Crippen molar-refractivity contribution in [2.45, 2.75) is 43.3 Å². The average molecular weight is 323 g/mol. The number of alkyl halides is 4. The minimum Gasteiger partial charge on any atom is -0.487 e. The second kappa shape index (κ2) is 4.44. The van der Waals surface area contributed by atoms with Crippen molar-refractivity contribution in [3.05, 3.63) is 29.3 Å². The molecule has 1 atom stereocenters. The van der Waals surface area contributed by atoms with Crippen LogP contribution >= 0.6 is 15.9 Å². The van der Waals surface area contributed by atoms with Gasteiger partial charge in [0.2, 0.25) is 0 Å². The number of halogens is 4. The number of hydrogen-bond acceptors (Lipinski definition) is 1. The van der Waals surface area contributed by atoms with E-state index in [-0.39, 0.29) is 5.60 Å². The summed E-state index contributed by atoms with van der Waals surface area (Å²) in [5.74, 6) is 0.774. The van der Waals surface area contributed by atoms with Gasteiger partial charge in [0.05, 0.1) is 6.42 Å². The van der Waals surface area contributed by atoms with Gasteiger partial charge in [0, 0.05) is 11.2 Å². The van der Waals surface area contributed by atoms with Gasteiger partial charge in [-0.25, -0.2) is 0 Å². The number of rotatable bonds is 2. The van der Waals surface area contributed by atoms with E-state index in [2.05, 4.69) is 15.9 Å². The van der Waals surface area contributed by atoms with Gasteiger partial charge in [-0.05, 0) is 31.0 Å². The predicted molar refractivity (Wildman–Crippen MR) is 67.2 cm³/mol. The lowest BCUT2D eigenvalue weighted by Crippen LogP contribution is -2.24. The zero-order valence-electron chi connectivity index (χ0n) is 10.1. The van der Waals surface area contributed by atoms with Crippen molar-refractivity contribution < 1.29 is 17.9 Å². The van der Waals surface area contributed by atoms with Crippen LogP contribution in [0.5, 0.6) is 5.75 Å². The zero-order chi connectivity index (χ0) is 13.6. The summed E-state index contributed by atoms with van der Waals surface area (Å²) in [5, 5.41) is 0. The van der Waals surface area contributed by atoms with Crippen molar-refractivity contribution in [2.24, 2.45) is 0 Å². The third kappa shape index (κ3) is 3.19. The lowest BCUT2D eigenvalue weighted by molar-refractivity contribution is -0.134. The van der Waals surface area contributed by atoms with Crippen molar-refractivity contribution in [1.29, 1.82) is 0 Å². The number of fused-ring (bicyclic) bond motifs is 1. The smallest absolute Gasteiger partial charge is 0.390 e. The summed E-state index contributed by atoms with van der Waals surface area (Å²) in [6.45, 7) is 3.93. The molecular weight excluding hydrogens is 309 g/mol. The molecule has 0 aliphatic carbocycles. The maximum absolute atomic E-state index is 12.3. The molecule has 1 heterocycles. The van der Waals surface area contributed by atoms with Gasteiger partial charge in [-0.3, -0.25) is 0 Å². The molecule has 18 heavy (non-hydrogen) atoms. The molecule has 1 aromatic carbocycles. The molecule has 2 rings (SSSR count). The molecule has 0 saturated carbocycles. The van der Waals surface area contributed by atoms with E-state index in [1.165, 1.54) is 0 Å². The summed E-state index contributed by atoms with van der Waals surface area (Å²) in [5.41, 5.74) is 1.35. The van der Waals surface area contributed by atoms with E-state index in [4.69, 9.17) is 4.74 Å². The van der Waals surface area contributed by atoms with Crippen LogP contribution in [0.1, 0.15) is 36.2 Å². The largest absolute Gasteiger partial charge is 0.487 e. The molecule has 0 fully saturated rings. The third-order valence-electron chi connectivity index (χ3n) is 2.86. The second-order valence-corrected chi connectivity index (χ2v) is 6.30. The first-order valence-corrected chi connectivity index (χ1v) is 6.60. The quantitative estimate of drug-likeness (QED) is 0.711. The van der Waals surface area contributed by atoms with E-state index in [1.54, 1.807) is 18.2 Å². The Kier molecular flexibility index (Phi) is 3.38. The Morgan fingerprint density at radius 1 is 1.39 bits per heavy atom. The minimum atomic E-state index is -4.16. The van der Waals surface area contributed by atoms with E-state index in [0.717, 1.165) is 17.7 Å². The van der Waals surface area contributed by atoms with Gasteiger partial charge in [-0.15, -0.1) is 0 Å². The van der Waals surface area contributed by atoms with Crippen molar-refractivity contribution in [1.82, 2.24) is 0 Å². The Hall–Kier alpha value is -0.710. The molecule has 5 heteroatoms.